The van der Waals surface area contributed by atoms with Crippen molar-refractivity contribution in [1.82, 2.24) is 0 Å². The van der Waals surface area contributed by atoms with Gasteiger partial charge < -0.3 is 4.74 Å². The molecule has 0 aromatic carbocycles. The van der Waals surface area contributed by atoms with Crippen molar-refractivity contribution in [1.29, 1.82) is 0 Å². The van der Waals surface area contributed by atoms with Gasteiger partial charge in [0.1, 0.15) is 0 Å². The van der Waals surface area contributed by atoms with Crippen molar-refractivity contribution in [2.24, 2.45) is 0 Å². The molecule has 0 radical (unpaired) electrons. The van der Waals surface area contributed by atoms with E-state index in [1.165, 1.54) is 0 Å². The van der Waals surface area contributed by atoms with Crippen molar-refractivity contribution in [3.05, 3.63) is 0 Å². The smallest absolute Gasteiger partial charge is 0.0858 e. The maximum absolute atomic E-state index is 5.25. The lowest BCUT2D eigenvalue weighted by Gasteiger charge is -2.10. The normalized spacial score (nSPS) is 13.2. The second kappa shape index (κ2) is 4.89. The van der Waals surface area contributed by atoms with Gasteiger partial charge in [0, 0.05) is 11.5 Å². The van der Waals surface area contributed by atoms with Crippen LogP contribution in [0.3, 0.4) is 0 Å². The summed E-state index contributed by atoms with van der Waals surface area (Å²) in [6.45, 7) is 6.78. The Labute approximate surface area is 62.4 Å². The van der Waals surface area contributed by atoms with E-state index in [2.05, 4.69) is 6.92 Å². The van der Waals surface area contributed by atoms with Gasteiger partial charge in [-0.2, -0.15) is 0 Å². The average Bonchev–Trinajstić information content (AvgIpc) is 1.87. The number of hydrogen-bond acceptors (Lipinski definition) is 2. The van der Waals surface area contributed by atoms with Crippen molar-refractivity contribution >= 4 is 17.1 Å². The number of thiocarbonyl (C=S) groups is 1. The molecule has 0 N–H and O–H groups in total. The maximum atomic E-state index is 5.25. The lowest BCUT2D eigenvalue weighted by Crippen LogP contribution is -2.17. The zero-order valence-electron chi connectivity index (χ0n) is 6.31. The molecule has 0 aliphatic carbocycles. The lowest BCUT2D eigenvalue weighted by molar-refractivity contribution is 0.123. The van der Waals surface area contributed by atoms with E-state index in [4.69, 9.17) is 17.0 Å². The Morgan fingerprint density at radius 3 is 2.44 bits per heavy atom. The van der Waals surface area contributed by atoms with E-state index in [-0.39, 0.29) is 6.10 Å². The summed E-state index contributed by atoms with van der Waals surface area (Å²) >= 11 is 5.02. The van der Waals surface area contributed by atoms with Gasteiger partial charge in [0.15, 0.2) is 0 Å². The van der Waals surface area contributed by atoms with Gasteiger partial charge in [-0.25, -0.2) is 0 Å². The first-order valence-corrected chi connectivity index (χ1v) is 3.77. The summed E-state index contributed by atoms with van der Waals surface area (Å²) < 4.78 is 5.25. The molecule has 0 saturated carbocycles. The highest BCUT2D eigenvalue weighted by atomic mass is 32.1. The lowest BCUT2D eigenvalue weighted by atomic mass is 10.2. The summed E-state index contributed by atoms with van der Waals surface area (Å²) in [5.41, 5.74) is 0. The van der Waals surface area contributed by atoms with E-state index in [9.17, 15) is 0 Å². The van der Waals surface area contributed by atoms with Crippen molar-refractivity contribution < 1.29 is 4.74 Å². The van der Waals surface area contributed by atoms with Crippen molar-refractivity contribution in [3.8, 4) is 0 Å². The van der Waals surface area contributed by atoms with Crippen molar-refractivity contribution in [2.45, 2.75) is 33.3 Å². The highest BCUT2D eigenvalue weighted by Gasteiger charge is 2.03. The van der Waals surface area contributed by atoms with E-state index in [1.807, 2.05) is 13.8 Å². The summed E-state index contributed by atoms with van der Waals surface area (Å²) in [7, 11) is 0. The molecule has 0 amide bonds. The van der Waals surface area contributed by atoms with Gasteiger partial charge in [-0.1, -0.05) is 19.1 Å². The third-order valence-electron chi connectivity index (χ3n) is 1.22. The Morgan fingerprint density at radius 2 is 2.11 bits per heavy atom. The quantitative estimate of drug-likeness (QED) is 0.562. The predicted octanol–water partition coefficient (Wildman–Crippen LogP) is 2.19. The van der Waals surface area contributed by atoms with E-state index >= 15 is 0 Å². The Balaban J connectivity index is 3.45. The van der Waals surface area contributed by atoms with Crippen LogP contribution >= 0.6 is 12.2 Å². The first-order valence-electron chi connectivity index (χ1n) is 3.36. The summed E-state index contributed by atoms with van der Waals surface area (Å²) in [5, 5.41) is 0. The van der Waals surface area contributed by atoms with Crippen LogP contribution in [0.25, 0.3) is 0 Å². The molecule has 2 heteroatoms. The third-order valence-corrected chi connectivity index (χ3v) is 1.84. The van der Waals surface area contributed by atoms with Gasteiger partial charge in [0.25, 0.3) is 0 Å². The van der Waals surface area contributed by atoms with Gasteiger partial charge >= 0.3 is 0 Å². The molecular formula is C7H14OS. The summed E-state index contributed by atoms with van der Waals surface area (Å²) in [5.74, 6) is 0. The minimum Gasteiger partial charge on any atom is -0.374 e. The standard InChI is InChI=1S/C7H14OS/c1-4-7(9)6(3)8-5-2/h6H,4-5H2,1-3H3. The van der Waals surface area contributed by atoms with Crippen molar-refractivity contribution in [3.63, 3.8) is 0 Å². The minimum atomic E-state index is 0.162. The molecule has 0 heterocycles. The second-order valence-corrected chi connectivity index (χ2v) is 2.44. The van der Waals surface area contributed by atoms with Crippen LogP contribution in [-0.4, -0.2) is 17.6 Å². The summed E-state index contributed by atoms with van der Waals surface area (Å²) in [6, 6.07) is 0. The fourth-order valence-electron chi connectivity index (χ4n) is 0.630. The molecule has 0 fully saturated rings. The van der Waals surface area contributed by atoms with Gasteiger partial charge in [-0.05, 0) is 20.3 Å². The predicted molar refractivity (Wildman–Crippen MR) is 44.0 cm³/mol. The largest absolute Gasteiger partial charge is 0.374 e. The highest BCUT2D eigenvalue weighted by Crippen LogP contribution is 1.97. The molecule has 0 aromatic heterocycles. The molecule has 0 aromatic rings. The fraction of sp³-hybridized carbons (Fsp3) is 0.857. The van der Waals surface area contributed by atoms with E-state index in [1.54, 1.807) is 0 Å². The summed E-state index contributed by atoms with van der Waals surface area (Å²) in [4.78, 5) is 1.01. The molecule has 9 heavy (non-hydrogen) atoms. The molecule has 0 rings (SSSR count). The Bertz CT molecular complexity index is 90.9. The molecule has 0 saturated heterocycles. The van der Waals surface area contributed by atoms with Crippen LogP contribution in [0.1, 0.15) is 27.2 Å². The SMILES string of the molecule is CCOC(C)C(=S)CC. The first-order chi connectivity index (χ1) is 4.22. The number of rotatable bonds is 4. The molecule has 1 nitrogen and oxygen atoms in total. The maximum Gasteiger partial charge on any atom is 0.0858 e. The van der Waals surface area contributed by atoms with Gasteiger partial charge in [0.05, 0.1) is 6.10 Å². The Hall–Kier alpha value is 0.0500. The molecule has 0 aliphatic heterocycles. The monoisotopic (exact) mass is 146 g/mol. The average molecular weight is 146 g/mol. The van der Waals surface area contributed by atoms with Gasteiger partial charge in [0.2, 0.25) is 0 Å². The van der Waals surface area contributed by atoms with Gasteiger partial charge in [-0.3, -0.25) is 0 Å². The summed E-state index contributed by atoms with van der Waals surface area (Å²) in [6.07, 6.45) is 1.10. The second-order valence-electron chi connectivity index (χ2n) is 1.92. The fourth-order valence-corrected chi connectivity index (χ4v) is 0.698. The highest BCUT2D eigenvalue weighted by molar-refractivity contribution is 7.80. The van der Waals surface area contributed by atoms with Crippen molar-refractivity contribution in [2.75, 3.05) is 6.61 Å². The molecule has 1 unspecified atom stereocenters. The van der Waals surface area contributed by atoms with E-state index in [0.717, 1.165) is 17.9 Å². The Morgan fingerprint density at radius 1 is 1.56 bits per heavy atom. The van der Waals surface area contributed by atoms with Crippen LogP contribution in [0, 0.1) is 0 Å². The molecular weight excluding hydrogens is 132 g/mol. The first kappa shape index (κ1) is 9.05. The molecule has 0 aliphatic rings. The van der Waals surface area contributed by atoms with E-state index < -0.39 is 0 Å². The molecule has 54 valence electrons. The zero-order chi connectivity index (χ0) is 7.28. The third kappa shape index (κ3) is 3.60. The van der Waals surface area contributed by atoms with Crippen LogP contribution < -0.4 is 0 Å². The Kier molecular flexibility index (Phi) is 4.91. The molecule has 0 spiro atoms. The number of ether oxygens (including phenoxy) is 1. The van der Waals surface area contributed by atoms with Gasteiger partial charge in [-0.15, -0.1) is 0 Å². The molecule has 1 atom stereocenters. The molecule has 0 bridgehead atoms. The minimum absolute atomic E-state index is 0.162. The zero-order valence-corrected chi connectivity index (χ0v) is 7.12. The topological polar surface area (TPSA) is 9.23 Å². The van der Waals surface area contributed by atoms with Crippen LogP contribution in [0.15, 0.2) is 0 Å². The number of hydrogen-bond donors (Lipinski definition) is 0. The van der Waals surface area contributed by atoms with Crippen LogP contribution in [0.5, 0.6) is 0 Å². The van der Waals surface area contributed by atoms with Crippen LogP contribution in [0.4, 0.5) is 0 Å². The van der Waals surface area contributed by atoms with Crippen LogP contribution in [-0.2, 0) is 4.74 Å². The van der Waals surface area contributed by atoms with E-state index in [0.29, 0.717) is 0 Å². The van der Waals surface area contributed by atoms with Crippen LogP contribution in [0.2, 0.25) is 0 Å².